The second-order valence-corrected chi connectivity index (χ2v) is 5.25. The highest BCUT2D eigenvalue weighted by Crippen LogP contribution is 2.49. The summed E-state index contributed by atoms with van der Waals surface area (Å²) in [6.07, 6.45) is 6.40. The van der Waals surface area contributed by atoms with Crippen LogP contribution < -0.4 is 5.32 Å². The third-order valence-corrected chi connectivity index (χ3v) is 4.36. The number of aromatic amines is 1. The molecule has 1 saturated carbocycles. The SMILES string of the molecule is CCc1nc(C2CNCC23CCCC3)n[nH]1. The standard InChI is InChI=1S/C12H20N4/c1-2-10-14-11(16-15-10)9-7-13-8-12(9)5-3-4-6-12/h9,13H,2-8H2,1H3,(H,14,15,16). The first kappa shape index (κ1) is 10.3. The first-order valence-corrected chi connectivity index (χ1v) is 6.46. The maximum atomic E-state index is 4.62. The molecular weight excluding hydrogens is 200 g/mol. The van der Waals surface area contributed by atoms with E-state index >= 15 is 0 Å². The summed E-state index contributed by atoms with van der Waals surface area (Å²) in [5.41, 5.74) is 0.465. The lowest BCUT2D eigenvalue weighted by Crippen LogP contribution is -2.25. The van der Waals surface area contributed by atoms with Crippen LogP contribution in [0.25, 0.3) is 0 Å². The lowest BCUT2D eigenvalue weighted by atomic mass is 9.76. The summed E-state index contributed by atoms with van der Waals surface area (Å²) in [6, 6.07) is 0. The lowest BCUT2D eigenvalue weighted by Gasteiger charge is -2.27. The molecule has 1 saturated heterocycles. The molecule has 2 heterocycles. The Hall–Kier alpha value is -0.900. The molecule has 1 atom stereocenters. The molecule has 1 unspecified atom stereocenters. The zero-order valence-corrected chi connectivity index (χ0v) is 9.92. The fourth-order valence-electron chi connectivity index (χ4n) is 3.40. The highest BCUT2D eigenvalue weighted by atomic mass is 15.2. The maximum Gasteiger partial charge on any atom is 0.155 e. The Morgan fingerprint density at radius 3 is 2.88 bits per heavy atom. The van der Waals surface area contributed by atoms with E-state index in [2.05, 4.69) is 27.4 Å². The van der Waals surface area contributed by atoms with Crippen LogP contribution in [0.15, 0.2) is 0 Å². The minimum Gasteiger partial charge on any atom is -0.315 e. The van der Waals surface area contributed by atoms with Gasteiger partial charge >= 0.3 is 0 Å². The van der Waals surface area contributed by atoms with Crippen LogP contribution in [-0.4, -0.2) is 28.3 Å². The van der Waals surface area contributed by atoms with Gasteiger partial charge in [0.05, 0.1) is 0 Å². The van der Waals surface area contributed by atoms with Gasteiger partial charge < -0.3 is 5.32 Å². The van der Waals surface area contributed by atoms with Crippen molar-refractivity contribution < 1.29 is 0 Å². The molecule has 0 radical (unpaired) electrons. The average molecular weight is 220 g/mol. The van der Waals surface area contributed by atoms with Gasteiger partial charge in [0.25, 0.3) is 0 Å². The molecule has 2 aliphatic rings. The fourth-order valence-corrected chi connectivity index (χ4v) is 3.40. The molecule has 2 fully saturated rings. The number of aromatic nitrogens is 3. The zero-order valence-electron chi connectivity index (χ0n) is 9.92. The van der Waals surface area contributed by atoms with Gasteiger partial charge in [0.2, 0.25) is 0 Å². The second kappa shape index (κ2) is 3.84. The quantitative estimate of drug-likeness (QED) is 0.796. The minimum atomic E-state index is 0.465. The summed E-state index contributed by atoms with van der Waals surface area (Å²) in [5, 5.41) is 11.0. The van der Waals surface area contributed by atoms with E-state index in [-0.39, 0.29) is 0 Å². The summed E-state index contributed by atoms with van der Waals surface area (Å²) >= 11 is 0. The van der Waals surface area contributed by atoms with Crippen LogP contribution in [0.2, 0.25) is 0 Å². The topological polar surface area (TPSA) is 53.6 Å². The van der Waals surface area contributed by atoms with Crippen molar-refractivity contribution >= 4 is 0 Å². The maximum absolute atomic E-state index is 4.62. The van der Waals surface area contributed by atoms with Gasteiger partial charge in [-0.15, -0.1) is 0 Å². The highest BCUT2D eigenvalue weighted by Gasteiger charge is 2.46. The normalized spacial score (nSPS) is 27.9. The fraction of sp³-hybridized carbons (Fsp3) is 0.833. The van der Waals surface area contributed by atoms with Gasteiger partial charge in [0.1, 0.15) is 5.82 Å². The zero-order chi connectivity index (χ0) is 11.0. The molecule has 1 aliphatic heterocycles. The molecule has 0 bridgehead atoms. The van der Waals surface area contributed by atoms with Crippen LogP contribution >= 0.6 is 0 Å². The predicted octanol–water partition coefficient (Wildman–Crippen LogP) is 1.61. The Morgan fingerprint density at radius 1 is 1.38 bits per heavy atom. The Morgan fingerprint density at radius 2 is 2.19 bits per heavy atom. The number of aryl methyl sites for hydroxylation is 1. The molecular formula is C12H20N4. The summed E-state index contributed by atoms with van der Waals surface area (Å²) < 4.78 is 0. The van der Waals surface area contributed by atoms with Gasteiger partial charge in [-0.1, -0.05) is 19.8 Å². The molecule has 4 nitrogen and oxygen atoms in total. The van der Waals surface area contributed by atoms with Crippen molar-refractivity contribution in [3.05, 3.63) is 11.6 Å². The third-order valence-electron chi connectivity index (χ3n) is 4.36. The van der Waals surface area contributed by atoms with Gasteiger partial charge in [-0.3, -0.25) is 5.10 Å². The molecule has 16 heavy (non-hydrogen) atoms. The van der Waals surface area contributed by atoms with E-state index in [0.29, 0.717) is 11.3 Å². The van der Waals surface area contributed by atoms with Crippen LogP contribution in [0.1, 0.15) is 50.2 Å². The van der Waals surface area contributed by atoms with Crippen LogP contribution in [0.5, 0.6) is 0 Å². The van der Waals surface area contributed by atoms with Gasteiger partial charge in [-0.05, 0) is 18.3 Å². The van der Waals surface area contributed by atoms with Crippen molar-refractivity contribution in [1.82, 2.24) is 20.5 Å². The molecule has 1 spiro atoms. The highest BCUT2D eigenvalue weighted by molar-refractivity contribution is 5.12. The molecule has 0 aromatic carbocycles. The van der Waals surface area contributed by atoms with E-state index in [0.717, 1.165) is 31.2 Å². The Bertz CT molecular complexity index is 359. The Kier molecular flexibility index (Phi) is 2.46. The van der Waals surface area contributed by atoms with Crippen LogP contribution in [-0.2, 0) is 6.42 Å². The van der Waals surface area contributed by atoms with E-state index in [1.165, 1.54) is 25.7 Å². The first-order chi connectivity index (χ1) is 7.84. The lowest BCUT2D eigenvalue weighted by molar-refractivity contribution is 0.287. The van der Waals surface area contributed by atoms with Crippen LogP contribution in [0, 0.1) is 5.41 Å². The molecule has 2 N–H and O–H groups in total. The second-order valence-electron chi connectivity index (χ2n) is 5.25. The molecule has 1 aromatic heterocycles. The van der Waals surface area contributed by atoms with E-state index in [4.69, 9.17) is 0 Å². The summed E-state index contributed by atoms with van der Waals surface area (Å²) in [6.45, 7) is 4.33. The van der Waals surface area contributed by atoms with Gasteiger partial charge in [-0.2, -0.15) is 5.10 Å². The van der Waals surface area contributed by atoms with Crippen molar-refractivity contribution in [3.8, 4) is 0 Å². The number of rotatable bonds is 2. The molecule has 0 amide bonds. The average Bonchev–Trinajstić information content (AvgIpc) is 3.01. The van der Waals surface area contributed by atoms with Crippen molar-refractivity contribution in [2.24, 2.45) is 5.41 Å². The van der Waals surface area contributed by atoms with E-state index in [1.807, 2.05) is 0 Å². The van der Waals surface area contributed by atoms with Gasteiger partial charge in [-0.25, -0.2) is 4.98 Å². The number of hydrogen-bond donors (Lipinski definition) is 2. The molecule has 88 valence electrons. The summed E-state index contributed by atoms with van der Waals surface area (Å²) in [7, 11) is 0. The van der Waals surface area contributed by atoms with Gasteiger partial charge in [0.15, 0.2) is 5.82 Å². The summed E-state index contributed by atoms with van der Waals surface area (Å²) in [4.78, 5) is 4.62. The van der Waals surface area contributed by atoms with Gasteiger partial charge in [0, 0.05) is 25.4 Å². The van der Waals surface area contributed by atoms with E-state index in [9.17, 15) is 0 Å². The molecule has 1 aliphatic carbocycles. The van der Waals surface area contributed by atoms with Crippen molar-refractivity contribution in [1.29, 1.82) is 0 Å². The number of nitrogens with one attached hydrogen (secondary N) is 2. The van der Waals surface area contributed by atoms with E-state index < -0.39 is 0 Å². The first-order valence-electron chi connectivity index (χ1n) is 6.46. The Labute approximate surface area is 96.2 Å². The predicted molar refractivity (Wildman–Crippen MR) is 62.3 cm³/mol. The monoisotopic (exact) mass is 220 g/mol. The summed E-state index contributed by atoms with van der Waals surface area (Å²) in [5.74, 6) is 2.60. The minimum absolute atomic E-state index is 0.465. The molecule has 4 heteroatoms. The number of H-pyrrole nitrogens is 1. The van der Waals surface area contributed by atoms with E-state index in [1.54, 1.807) is 0 Å². The van der Waals surface area contributed by atoms with Crippen LogP contribution in [0.3, 0.4) is 0 Å². The van der Waals surface area contributed by atoms with Crippen molar-refractivity contribution in [2.45, 2.75) is 44.9 Å². The molecule has 3 rings (SSSR count). The Balaban J connectivity index is 1.87. The number of hydrogen-bond acceptors (Lipinski definition) is 3. The van der Waals surface area contributed by atoms with Crippen molar-refractivity contribution in [3.63, 3.8) is 0 Å². The largest absolute Gasteiger partial charge is 0.315 e. The van der Waals surface area contributed by atoms with Crippen LogP contribution in [0.4, 0.5) is 0 Å². The molecule has 1 aromatic rings. The number of nitrogens with zero attached hydrogens (tertiary/aromatic N) is 2. The smallest absolute Gasteiger partial charge is 0.155 e. The van der Waals surface area contributed by atoms with Crippen molar-refractivity contribution in [2.75, 3.05) is 13.1 Å². The third kappa shape index (κ3) is 1.47.